The van der Waals surface area contributed by atoms with Crippen molar-refractivity contribution in [3.8, 4) is 0 Å². The number of rotatable bonds is 2. The fourth-order valence-corrected chi connectivity index (χ4v) is 1.55. The Bertz CT molecular complexity index is 84.7. The van der Waals surface area contributed by atoms with E-state index in [2.05, 4.69) is 13.8 Å². The highest BCUT2D eigenvalue weighted by Gasteiger charge is 2.18. The molecule has 1 aliphatic rings. The van der Waals surface area contributed by atoms with Crippen molar-refractivity contribution >= 4 is 0 Å². The molecule has 0 aliphatic carbocycles. The molecule has 1 nitrogen and oxygen atoms in total. The van der Waals surface area contributed by atoms with Gasteiger partial charge >= 0.3 is 0 Å². The first-order valence-corrected chi connectivity index (χ1v) is 4.42. The molecule has 1 rings (SSSR count). The van der Waals surface area contributed by atoms with E-state index in [0.717, 1.165) is 25.0 Å². The van der Waals surface area contributed by atoms with E-state index < -0.39 is 0 Å². The Morgan fingerprint density at radius 2 is 2.40 bits per heavy atom. The van der Waals surface area contributed by atoms with Gasteiger partial charge in [-0.05, 0) is 24.7 Å². The molecule has 0 aromatic heterocycles. The van der Waals surface area contributed by atoms with E-state index in [0.29, 0.717) is 0 Å². The fraction of sp³-hybridized carbons (Fsp3) is 1.00. The summed E-state index contributed by atoms with van der Waals surface area (Å²) in [7, 11) is 0. The molecular weight excluding hydrogens is 124 g/mol. The molecule has 0 radical (unpaired) electrons. The van der Waals surface area contributed by atoms with Gasteiger partial charge < -0.3 is 4.74 Å². The third-order valence-electron chi connectivity index (χ3n) is 2.64. The van der Waals surface area contributed by atoms with Crippen molar-refractivity contribution in [3.05, 3.63) is 0 Å². The summed E-state index contributed by atoms with van der Waals surface area (Å²) in [6, 6.07) is 0. The highest BCUT2D eigenvalue weighted by Crippen LogP contribution is 2.23. The summed E-state index contributed by atoms with van der Waals surface area (Å²) >= 11 is 0. The SMILES string of the molecule is CCC(C)[C@@H]1CCCOC1. The van der Waals surface area contributed by atoms with Crippen LogP contribution in [-0.2, 0) is 4.74 Å². The average Bonchev–Trinajstić information content (AvgIpc) is 2.05. The van der Waals surface area contributed by atoms with Gasteiger partial charge in [0.2, 0.25) is 0 Å². The van der Waals surface area contributed by atoms with Crippen LogP contribution in [0.1, 0.15) is 33.1 Å². The van der Waals surface area contributed by atoms with Crippen LogP contribution < -0.4 is 0 Å². The second-order valence-electron chi connectivity index (χ2n) is 3.36. The van der Waals surface area contributed by atoms with Crippen molar-refractivity contribution in [1.29, 1.82) is 0 Å². The Hall–Kier alpha value is -0.0400. The van der Waals surface area contributed by atoms with Gasteiger partial charge in [-0.25, -0.2) is 0 Å². The van der Waals surface area contributed by atoms with Crippen LogP contribution in [0.2, 0.25) is 0 Å². The predicted molar refractivity (Wildman–Crippen MR) is 43.0 cm³/mol. The lowest BCUT2D eigenvalue weighted by atomic mass is 9.88. The zero-order valence-corrected chi connectivity index (χ0v) is 7.10. The maximum Gasteiger partial charge on any atom is 0.0496 e. The van der Waals surface area contributed by atoms with Crippen molar-refractivity contribution in [1.82, 2.24) is 0 Å². The molecule has 10 heavy (non-hydrogen) atoms. The van der Waals surface area contributed by atoms with E-state index in [1.165, 1.54) is 19.3 Å². The summed E-state index contributed by atoms with van der Waals surface area (Å²) in [6.07, 6.45) is 3.96. The first kappa shape index (κ1) is 8.06. The second-order valence-corrected chi connectivity index (χ2v) is 3.36. The first-order valence-electron chi connectivity index (χ1n) is 4.42. The number of hydrogen-bond acceptors (Lipinski definition) is 1. The van der Waals surface area contributed by atoms with E-state index in [4.69, 9.17) is 4.74 Å². The van der Waals surface area contributed by atoms with Crippen LogP contribution in [0.5, 0.6) is 0 Å². The molecule has 1 aliphatic heterocycles. The Kier molecular flexibility index (Phi) is 3.20. The van der Waals surface area contributed by atoms with Gasteiger partial charge in [-0.15, -0.1) is 0 Å². The van der Waals surface area contributed by atoms with Crippen LogP contribution in [0.15, 0.2) is 0 Å². The largest absolute Gasteiger partial charge is 0.381 e. The molecule has 0 amide bonds. The summed E-state index contributed by atoms with van der Waals surface area (Å²) in [4.78, 5) is 0. The molecule has 2 atom stereocenters. The quantitative estimate of drug-likeness (QED) is 0.575. The van der Waals surface area contributed by atoms with Crippen molar-refractivity contribution < 1.29 is 4.74 Å². The van der Waals surface area contributed by atoms with Gasteiger partial charge in [0.25, 0.3) is 0 Å². The van der Waals surface area contributed by atoms with E-state index in [1.807, 2.05) is 0 Å². The molecule has 0 saturated carbocycles. The second kappa shape index (κ2) is 3.97. The lowest BCUT2D eigenvalue weighted by Gasteiger charge is -2.26. The monoisotopic (exact) mass is 142 g/mol. The molecule has 1 fully saturated rings. The van der Waals surface area contributed by atoms with Gasteiger partial charge in [0.05, 0.1) is 0 Å². The molecule has 0 bridgehead atoms. The normalized spacial score (nSPS) is 30.0. The number of hydrogen-bond donors (Lipinski definition) is 0. The molecule has 60 valence electrons. The molecule has 0 aromatic rings. The van der Waals surface area contributed by atoms with Gasteiger partial charge in [-0.1, -0.05) is 20.3 Å². The van der Waals surface area contributed by atoms with Crippen molar-refractivity contribution in [2.45, 2.75) is 33.1 Å². The molecule has 1 heteroatoms. The lowest BCUT2D eigenvalue weighted by molar-refractivity contribution is 0.0333. The van der Waals surface area contributed by atoms with Crippen molar-refractivity contribution in [2.24, 2.45) is 11.8 Å². The molecule has 0 aromatic carbocycles. The smallest absolute Gasteiger partial charge is 0.0496 e. The van der Waals surface area contributed by atoms with Crippen LogP contribution >= 0.6 is 0 Å². The Morgan fingerprint density at radius 1 is 1.60 bits per heavy atom. The zero-order chi connectivity index (χ0) is 7.40. The molecule has 0 N–H and O–H groups in total. The van der Waals surface area contributed by atoms with Gasteiger partial charge in [-0.3, -0.25) is 0 Å². The van der Waals surface area contributed by atoms with Crippen LogP contribution in [0.3, 0.4) is 0 Å². The number of ether oxygens (including phenoxy) is 1. The summed E-state index contributed by atoms with van der Waals surface area (Å²) in [5.41, 5.74) is 0. The first-order chi connectivity index (χ1) is 4.84. The zero-order valence-electron chi connectivity index (χ0n) is 7.10. The molecule has 1 unspecified atom stereocenters. The van der Waals surface area contributed by atoms with Crippen molar-refractivity contribution in [2.75, 3.05) is 13.2 Å². The maximum atomic E-state index is 5.41. The van der Waals surface area contributed by atoms with Crippen LogP contribution in [0, 0.1) is 11.8 Å². The van der Waals surface area contributed by atoms with E-state index >= 15 is 0 Å². The molecule has 1 heterocycles. The summed E-state index contributed by atoms with van der Waals surface area (Å²) in [5, 5.41) is 0. The maximum absolute atomic E-state index is 5.41. The Morgan fingerprint density at radius 3 is 2.90 bits per heavy atom. The minimum absolute atomic E-state index is 0.846. The highest BCUT2D eigenvalue weighted by molar-refractivity contribution is 4.67. The minimum Gasteiger partial charge on any atom is -0.381 e. The lowest BCUT2D eigenvalue weighted by Crippen LogP contribution is -2.22. The molecular formula is C9H18O. The van der Waals surface area contributed by atoms with Crippen LogP contribution in [-0.4, -0.2) is 13.2 Å². The fourth-order valence-electron chi connectivity index (χ4n) is 1.55. The van der Waals surface area contributed by atoms with Crippen LogP contribution in [0.25, 0.3) is 0 Å². The topological polar surface area (TPSA) is 9.23 Å². The minimum atomic E-state index is 0.846. The van der Waals surface area contributed by atoms with Crippen molar-refractivity contribution in [3.63, 3.8) is 0 Å². The Labute approximate surface area is 63.8 Å². The van der Waals surface area contributed by atoms with Gasteiger partial charge in [-0.2, -0.15) is 0 Å². The molecule has 0 spiro atoms. The third-order valence-corrected chi connectivity index (χ3v) is 2.64. The third kappa shape index (κ3) is 1.98. The predicted octanol–water partition coefficient (Wildman–Crippen LogP) is 2.46. The van der Waals surface area contributed by atoms with Gasteiger partial charge in [0, 0.05) is 13.2 Å². The van der Waals surface area contributed by atoms with Gasteiger partial charge in [0.1, 0.15) is 0 Å². The van der Waals surface area contributed by atoms with E-state index in [1.54, 1.807) is 0 Å². The summed E-state index contributed by atoms with van der Waals surface area (Å²) in [6.45, 7) is 6.60. The standard InChI is InChI=1S/C9H18O/c1-3-8(2)9-5-4-6-10-7-9/h8-9H,3-7H2,1-2H3/t8?,9-/m1/s1. The summed E-state index contributed by atoms with van der Waals surface area (Å²) in [5.74, 6) is 1.71. The van der Waals surface area contributed by atoms with E-state index in [9.17, 15) is 0 Å². The van der Waals surface area contributed by atoms with Gasteiger partial charge in [0.15, 0.2) is 0 Å². The summed E-state index contributed by atoms with van der Waals surface area (Å²) < 4.78 is 5.41. The Balaban J connectivity index is 2.24. The van der Waals surface area contributed by atoms with Crippen LogP contribution in [0.4, 0.5) is 0 Å². The average molecular weight is 142 g/mol. The molecule has 1 saturated heterocycles. The highest BCUT2D eigenvalue weighted by atomic mass is 16.5. The van der Waals surface area contributed by atoms with E-state index in [-0.39, 0.29) is 0 Å².